The molecule has 0 bridgehead atoms. The second-order valence-electron chi connectivity index (χ2n) is 4.61. The monoisotopic (exact) mass is 323 g/mol. The Morgan fingerprint density at radius 1 is 1.43 bits per heavy atom. The molecule has 0 spiro atoms. The van der Waals surface area contributed by atoms with Gasteiger partial charge in [0.1, 0.15) is 0 Å². The number of thioether (sulfide) groups is 1. The van der Waals surface area contributed by atoms with Crippen molar-refractivity contribution in [3.8, 4) is 5.69 Å². The van der Waals surface area contributed by atoms with Crippen LogP contribution in [-0.4, -0.2) is 27.3 Å². The Kier molecular flexibility index (Phi) is 5.70. The zero-order chi connectivity index (χ0) is 15.2. The number of hydrogen-bond donors (Lipinski definition) is 1. The van der Waals surface area contributed by atoms with Crippen molar-refractivity contribution < 1.29 is 4.79 Å². The first-order valence-corrected chi connectivity index (χ1v) is 8.11. The van der Waals surface area contributed by atoms with Crippen LogP contribution in [0.2, 0.25) is 5.02 Å². The normalized spacial score (nSPS) is 12.1. The number of imidazole rings is 1. The molecular weight excluding hydrogens is 306 g/mol. The van der Waals surface area contributed by atoms with E-state index in [0.29, 0.717) is 11.6 Å². The van der Waals surface area contributed by atoms with Crippen molar-refractivity contribution in [3.05, 3.63) is 41.7 Å². The van der Waals surface area contributed by atoms with E-state index in [9.17, 15) is 4.79 Å². The molecule has 2 aromatic rings. The van der Waals surface area contributed by atoms with E-state index in [0.717, 1.165) is 17.3 Å². The molecule has 1 atom stereocenters. The Morgan fingerprint density at radius 2 is 2.14 bits per heavy atom. The van der Waals surface area contributed by atoms with E-state index in [2.05, 4.69) is 10.3 Å². The van der Waals surface area contributed by atoms with Gasteiger partial charge in [0.05, 0.1) is 5.25 Å². The van der Waals surface area contributed by atoms with Crippen molar-refractivity contribution in [1.29, 1.82) is 0 Å². The van der Waals surface area contributed by atoms with E-state index in [-0.39, 0.29) is 11.2 Å². The Hall–Kier alpha value is -1.46. The highest BCUT2D eigenvalue weighted by atomic mass is 35.5. The van der Waals surface area contributed by atoms with Gasteiger partial charge in [0.15, 0.2) is 5.16 Å². The highest BCUT2D eigenvalue weighted by molar-refractivity contribution is 8.00. The Morgan fingerprint density at radius 3 is 2.81 bits per heavy atom. The van der Waals surface area contributed by atoms with Crippen LogP contribution in [0.4, 0.5) is 0 Å². The third-order valence-corrected chi connectivity index (χ3v) is 4.24. The summed E-state index contributed by atoms with van der Waals surface area (Å²) in [5.41, 5.74) is 0.973. The molecule has 0 aliphatic heterocycles. The number of carbonyl (C=O) groups is 1. The van der Waals surface area contributed by atoms with E-state index in [1.165, 1.54) is 11.8 Å². The predicted molar refractivity (Wildman–Crippen MR) is 87.2 cm³/mol. The van der Waals surface area contributed by atoms with Crippen LogP contribution in [0.15, 0.2) is 41.8 Å². The lowest BCUT2D eigenvalue weighted by atomic mass is 10.3. The van der Waals surface area contributed by atoms with Gasteiger partial charge in [0, 0.05) is 29.6 Å². The number of nitrogens with one attached hydrogen (secondary N) is 1. The number of nitrogens with zero attached hydrogens (tertiary/aromatic N) is 2. The molecule has 112 valence electrons. The summed E-state index contributed by atoms with van der Waals surface area (Å²) in [6.45, 7) is 4.62. The quantitative estimate of drug-likeness (QED) is 0.827. The third kappa shape index (κ3) is 4.25. The summed E-state index contributed by atoms with van der Waals surface area (Å²) < 4.78 is 1.95. The molecule has 0 saturated carbocycles. The first-order chi connectivity index (χ1) is 10.1. The standard InChI is InChI=1S/C15H18ClN3OS/c1-3-8-17-14(20)11(2)21-15-18-9-10-19(15)13-6-4-12(16)5-7-13/h4-7,9-11H,3,8H2,1-2H3,(H,17,20)/t11-/m0/s1. The van der Waals surface area contributed by atoms with Gasteiger partial charge in [-0.15, -0.1) is 0 Å². The van der Waals surface area contributed by atoms with Gasteiger partial charge in [-0.05, 0) is 37.6 Å². The summed E-state index contributed by atoms with van der Waals surface area (Å²) in [6.07, 6.45) is 4.54. The molecule has 1 aromatic carbocycles. The molecule has 0 saturated heterocycles. The van der Waals surface area contributed by atoms with Crippen LogP contribution in [0.25, 0.3) is 5.69 Å². The Labute approximate surface area is 133 Å². The van der Waals surface area contributed by atoms with E-state index < -0.39 is 0 Å². The molecular formula is C15H18ClN3OS. The average molecular weight is 324 g/mol. The minimum Gasteiger partial charge on any atom is -0.355 e. The molecule has 1 aromatic heterocycles. The highest BCUT2D eigenvalue weighted by Gasteiger charge is 2.17. The van der Waals surface area contributed by atoms with E-state index in [1.54, 1.807) is 6.20 Å². The second-order valence-corrected chi connectivity index (χ2v) is 6.35. The van der Waals surface area contributed by atoms with Crippen LogP contribution < -0.4 is 5.32 Å². The fourth-order valence-electron chi connectivity index (χ4n) is 1.78. The molecule has 1 heterocycles. The number of benzene rings is 1. The number of hydrogen-bond acceptors (Lipinski definition) is 3. The van der Waals surface area contributed by atoms with Crippen molar-refractivity contribution in [2.75, 3.05) is 6.54 Å². The molecule has 1 amide bonds. The second kappa shape index (κ2) is 7.52. The molecule has 1 N–H and O–H groups in total. The van der Waals surface area contributed by atoms with Crippen LogP contribution in [0.3, 0.4) is 0 Å². The number of carbonyl (C=O) groups excluding carboxylic acids is 1. The lowest BCUT2D eigenvalue weighted by molar-refractivity contribution is -0.120. The SMILES string of the molecule is CCCNC(=O)[C@H](C)Sc1nccn1-c1ccc(Cl)cc1. The molecule has 6 heteroatoms. The van der Waals surface area contributed by atoms with Gasteiger partial charge in [-0.2, -0.15) is 0 Å². The molecule has 0 fully saturated rings. The fraction of sp³-hybridized carbons (Fsp3) is 0.333. The topological polar surface area (TPSA) is 46.9 Å². The molecule has 0 radical (unpaired) electrons. The van der Waals surface area contributed by atoms with Gasteiger partial charge in [0.2, 0.25) is 5.91 Å². The smallest absolute Gasteiger partial charge is 0.233 e. The number of amides is 1. The predicted octanol–water partition coefficient (Wildman–Crippen LogP) is 3.53. The Balaban J connectivity index is 2.10. The summed E-state index contributed by atoms with van der Waals surface area (Å²) in [4.78, 5) is 16.3. The summed E-state index contributed by atoms with van der Waals surface area (Å²) in [5, 5.41) is 4.19. The molecule has 0 aliphatic carbocycles. The lowest BCUT2D eigenvalue weighted by Crippen LogP contribution is -2.31. The zero-order valence-corrected chi connectivity index (χ0v) is 13.6. The van der Waals surface area contributed by atoms with E-state index >= 15 is 0 Å². The van der Waals surface area contributed by atoms with Crippen molar-refractivity contribution in [1.82, 2.24) is 14.9 Å². The van der Waals surface area contributed by atoms with Crippen LogP contribution in [0.5, 0.6) is 0 Å². The number of aromatic nitrogens is 2. The Bertz CT molecular complexity index is 597. The van der Waals surface area contributed by atoms with Gasteiger partial charge >= 0.3 is 0 Å². The third-order valence-electron chi connectivity index (χ3n) is 2.91. The van der Waals surface area contributed by atoms with Gasteiger partial charge in [-0.25, -0.2) is 4.98 Å². The zero-order valence-electron chi connectivity index (χ0n) is 12.0. The molecule has 4 nitrogen and oxygen atoms in total. The van der Waals surface area contributed by atoms with E-state index in [1.807, 2.05) is 48.9 Å². The van der Waals surface area contributed by atoms with Crippen LogP contribution in [0, 0.1) is 0 Å². The van der Waals surface area contributed by atoms with Crippen LogP contribution >= 0.6 is 23.4 Å². The van der Waals surface area contributed by atoms with Crippen LogP contribution in [0.1, 0.15) is 20.3 Å². The summed E-state index contributed by atoms with van der Waals surface area (Å²) in [5.74, 6) is 0.0347. The summed E-state index contributed by atoms with van der Waals surface area (Å²) >= 11 is 7.35. The molecule has 0 unspecified atom stereocenters. The molecule has 2 rings (SSSR count). The average Bonchev–Trinajstić information content (AvgIpc) is 2.93. The first kappa shape index (κ1) is 15.9. The number of halogens is 1. The molecule has 21 heavy (non-hydrogen) atoms. The molecule has 0 aliphatic rings. The number of rotatable bonds is 6. The maximum atomic E-state index is 11.9. The van der Waals surface area contributed by atoms with Crippen LogP contribution in [-0.2, 0) is 4.79 Å². The van der Waals surface area contributed by atoms with Crippen molar-refractivity contribution in [2.24, 2.45) is 0 Å². The summed E-state index contributed by atoms with van der Waals surface area (Å²) in [6, 6.07) is 7.53. The van der Waals surface area contributed by atoms with Gasteiger partial charge in [0.25, 0.3) is 0 Å². The van der Waals surface area contributed by atoms with Crippen molar-refractivity contribution in [3.63, 3.8) is 0 Å². The first-order valence-electron chi connectivity index (χ1n) is 6.85. The highest BCUT2D eigenvalue weighted by Crippen LogP contribution is 2.25. The minimum absolute atomic E-state index is 0.0347. The van der Waals surface area contributed by atoms with Gasteiger partial charge in [-0.3, -0.25) is 9.36 Å². The maximum absolute atomic E-state index is 11.9. The minimum atomic E-state index is -0.190. The maximum Gasteiger partial charge on any atom is 0.233 e. The van der Waals surface area contributed by atoms with Crippen molar-refractivity contribution in [2.45, 2.75) is 30.7 Å². The van der Waals surface area contributed by atoms with E-state index in [4.69, 9.17) is 11.6 Å². The largest absolute Gasteiger partial charge is 0.355 e. The van der Waals surface area contributed by atoms with Gasteiger partial charge in [-0.1, -0.05) is 30.3 Å². The van der Waals surface area contributed by atoms with Crippen molar-refractivity contribution >= 4 is 29.3 Å². The van der Waals surface area contributed by atoms with Gasteiger partial charge < -0.3 is 5.32 Å². The summed E-state index contributed by atoms with van der Waals surface area (Å²) in [7, 11) is 0. The fourth-order valence-corrected chi connectivity index (χ4v) is 2.81. The lowest BCUT2D eigenvalue weighted by Gasteiger charge is -2.12.